The highest BCUT2D eigenvalue weighted by Crippen LogP contribution is 2.34. The minimum atomic E-state index is -3.53. The van der Waals surface area contributed by atoms with Crippen molar-refractivity contribution in [2.24, 2.45) is 0 Å². The van der Waals surface area contributed by atoms with Crippen LogP contribution in [-0.2, 0) is 29.5 Å². The van der Waals surface area contributed by atoms with Crippen molar-refractivity contribution in [3.8, 4) is 0 Å². The summed E-state index contributed by atoms with van der Waals surface area (Å²) in [6.45, 7) is 1.07. The highest BCUT2D eigenvalue weighted by Gasteiger charge is 2.23. The van der Waals surface area contributed by atoms with Gasteiger partial charge in [-0.25, -0.2) is 13.1 Å². The van der Waals surface area contributed by atoms with Crippen molar-refractivity contribution in [2.45, 2.75) is 43.3 Å². The van der Waals surface area contributed by atoms with Crippen LogP contribution in [0.25, 0.3) is 0 Å². The van der Waals surface area contributed by atoms with Crippen molar-refractivity contribution in [1.82, 2.24) is 9.62 Å². The summed E-state index contributed by atoms with van der Waals surface area (Å²) in [5.41, 5.74) is 4.93. The lowest BCUT2D eigenvalue weighted by molar-refractivity contribution is 0.213. The third-order valence-corrected chi connectivity index (χ3v) is 7.26. The van der Waals surface area contributed by atoms with E-state index in [0.29, 0.717) is 10.9 Å². The van der Waals surface area contributed by atoms with Gasteiger partial charge in [0.05, 0.1) is 4.90 Å². The smallest absolute Gasteiger partial charge is 0.240 e. The van der Waals surface area contributed by atoms with E-state index in [4.69, 9.17) is 0 Å². The third kappa shape index (κ3) is 4.81. The fourth-order valence-corrected chi connectivity index (χ4v) is 5.23. The molecule has 0 saturated heterocycles. The lowest BCUT2D eigenvalue weighted by atomic mass is 9.87. The molecule has 156 valence electrons. The molecule has 0 heterocycles. The van der Waals surface area contributed by atoms with Gasteiger partial charge in [0.2, 0.25) is 10.0 Å². The number of fused-ring (bicyclic) bond motifs is 1. The number of benzene rings is 3. The number of hydrogen-bond acceptors (Lipinski definition) is 3. The minimum absolute atomic E-state index is 0.286. The zero-order valence-corrected chi connectivity index (χ0v) is 18.1. The van der Waals surface area contributed by atoms with E-state index in [9.17, 15) is 8.42 Å². The van der Waals surface area contributed by atoms with Gasteiger partial charge in [-0.15, -0.1) is 0 Å². The second kappa shape index (κ2) is 9.13. The molecular weight excluding hydrogens is 392 g/mol. The fraction of sp³-hybridized carbons (Fsp3) is 0.280. The van der Waals surface area contributed by atoms with Gasteiger partial charge in [0.15, 0.2) is 0 Å². The molecule has 3 aromatic rings. The Kier molecular flexibility index (Phi) is 6.32. The van der Waals surface area contributed by atoms with Crippen molar-refractivity contribution in [3.63, 3.8) is 0 Å². The Morgan fingerprint density at radius 1 is 0.900 bits per heavy atom. The van der Waals surface area contributed by atoms with Gasteiger partial charge in [-0.2, -0.15) is 0 Å². The summed E-state index contributed by atoms with van der Waals surface area (Å²) in [5.74, 6) is 0. The van der Waals surface area contributed by atoms with Gasteiger partial charge in [-0.3, -0.25) is 4.90 Å². The van der Waals surface area contributed by atoms with Gasteiger partial charge in [-0.1, -0.05) is 66.7 Å². The van der Waals surface area contributed by atoms with Crippen LogP contribution < -0.4 is 4.72 Å². The van der Waals surface area contributed by atoms with Crippen LogP contribution in [0, 0.1) is 0 Å². The number of aryl methyl sites for hydroxylation is 1. The molecule has 0 aliphatic heterocycles. The quantitative estimate of drug-likeness (QED) is 0.604. The molecule has 0 amide bonds. The first-order valence-electron chi connectivity index (χ1n) is 10.4. The van der Waals surface area contributed by atoms with Crippen molar-refractivity contribution < 1.29 is 8.42 Å². The number of nitrogens with one attached hydrogen (secondary N) is 1. The normalized spacial score (nSPS) is 16.4. The largest absolute Gasteiger partial charge is 0.295 e. The van der Waals surface area contributed by atoms with E-state index in [0.717, 1.165) is 30.5 Å². The van der Waals surface area contributed by atoms with Crippen molar-refractivity contribution in [2.75, 3.05) is 7.05 Å². The topological polar surface area (TPSA) is 49.4 Å². The predicted octanol–water partition coefficient (Wildman–Crippen LogP) is 4.67. The van der Waals surface area contributed by atoms with E-state index < -0.39 is 10.0 Å². The van der Waals surface area contributed by atoms with Gasteiger partial charge >= 0.3 is 0 Å². The molecule has 0 fully saturated rings. The lowest BCUT2D eigenvalue weighted by Crippen LogP contribution is -2.27. The summed E-state index contributed by atoms with van der Waals surface area (Å²) in [4.78, 5) is 2.67. The van der Waals surface area contributed by atoms with E-state index in [-0.39, 0.29) is 6.54 Å². The highest BCUT2D eigenvalue weighted by molar-refractivity contribution is 7.89. The van der Waals surface area contributed by atoms with Crippen molar-refractivity contribution in [1.29, 1.82) is 0 Å². The predicted molar refractivity (Wildman–Crippen MR) is 120 cm³/mol. The Hall–Kier alpha value is -2.47. The van der Waals surface area contributed by atoms with Gasteiger partial charge in [0.25, 0.3) is 0 Å². The summed E-state index contributed by atoms with van der Waals surface area (Å²) in [6, 6.07) is 25.9. The summed E-state index contributed by atoms with van der Waals surface area (Å²) in [6.07, 6.45) is 3.52. The van der Waals surface area contributed by atoms with Crippen LogP contribution in [-0.4, -0.2) is 20.4 Å². The fourth-order valence-electron chi connectivity index (χ4n) is 4.22. The van der Waals surface area contributed by atoms with Gasteiger partial charge in [-0.05, 0) is 60.7 Å². The molecular formula is C25H28N2O2S. The van der Waals surface area contributed by atoms with Crippen molar-refractivity contribution in [3.05, 3.63) is 101 Å². The Balaban J connectivity index is 1.41. The molecule has 1 aliphatic carbocycles. The van der Waals surface area contributed by atoms with Crippen LogP contribution in [0.5, 0.6) is 0 Å². The first-order chi connectivity index (χ1) is 14.5. The zero-order chi connectivity index (χ0) is 21.0. The lowest BCUT2D eigenvalue weighted by Gasteiger charge is -2.33. The molecule has 0 bridgehead atoms. The average Bonchev–Trinajstić information content (AvgIpc) is 2.78. The third-order valence-electron chi connectivity index (χ3n) is 5.84. The van der Waals surface area contributed by atoms with Crippen LogP contribution >= 0.6 is 0 Å². The molecule has 0 spiro atoms. The molecule has 30 heavy (non-hydrogen) atoms. The first-order valence-corrected chi connectivity index (χ1v) is 11.9. The molecule has 1 atom stereocenters. The Labute approximate surface area is 179 Å². The van der Waals surface area contributed by atoms with Gasteiger partial charge in [0, 0.05) is 19.1 Å². The number of rotatable bonds is 7. The van der Waals surface area contributed by atoms with E-state index in [1.807, 2.05) is 42.5 Å². The Morgan fingerprint density at radius 2 is 1.60 bits per heavy atom. The first kappa shape index (κ1) is 20.8. The maximum Gasteiger partial charge on any atom is 0.240 e. The van der Waals surface area contributed by atoms with Crippen LogP contribution in [0.15, 0.2) is 83.8 Å². The SMILES string of the molecule is CN(Cc1ccc(S(=O)(=O)NCc2ccccc2)cc1)C1CCCc2ccccc21. The van der Waals surface area contributed by atoms with Gasteiger partial charge in [0.1, 0.15) is 0 Å². The second-order valence-electron chi connectivity index (χ2n) is 7.98. The minimum Gasteiger partial charge on any atom is -0.295 e. The van der Waals surface area contributed by atoms with Crippen LogP contribution in [0.4, 0.5) is 0 Å². The number of sulfonamides is 1. The monoisotopic (exact) mass is 420 g/mol. The van der Waals surface area contributed by atoms with Crippen LogP contribution in [0.3, 0.4) is 0 Å². The molecule has 4 nitrogen and oxygen atoms in total. The standard InChI is InChI=1S/C25H28N2O2S/c1-27(25-13-7-11-22-10-5-6-12-24(22)25)19-21-14-16-23(17-15-21)30(28,29)26-18-20-8-3-2-4-9-20/h2-6,8-10,12,14-17,25-26H,7,11,13,18-19H2,1H3. The Morgan fingerprint density at radius 3 is 2.37 bits per heavy atom. The summed E-state index contributed by atoms with van der Waals surface area (Å²) in [5, 5.41) is 0. The number of nitrogens with zero attached hydrogens (tertiary/aromatic N) is 1. The maximum absolute atomic E-state index is 12.6. The zero-order valence-electron chi connectivity index (χ0n) is 17.3. The summed E-state index contributed by atoms with van der Waals surface area (Å²) < 4.78 is 27.9. The average molecular weight is 421 g/mol. The van der Waals surface area contributed by atoms with E-state index in [2.05, 4.69) is 40.9 Å². The van der Waals surface area contributed by atoms with E-state index in [1.54, 1.807) is 12.1 Å². The van der Waals surface area contributed by atoms with E-state index >= 15 is 0 Å². The molecule has 3 aromatic carbocycles. The highest BCUT2D eigenvalue weighted by atomic mass is 32.2. The molecule has 0 aromatic heterocycles. The second-order valence-corrected chi connectivity index (χ2v) is 9.74. The van der Waals surface area contributed by atoms with E-state index in [1.165, 1.54) is 17.5 Å². The number of hydrogen-bond donors (Lipinski definition) is 1. The Bertz CT molecular complexity index is 1080. The molecule has 5 heteroatoms. The van der Waals surface area contributed by atoms with Crippen LogP contribution in [0.1, 0.15) is 41.1 Å². The molecule has 0 radical (unpaired) electrons. The summed E-state index contributed by atoms with van der Waals surface area (Å²) in [7, 11) is -1.38. The molecule has 1 N–H and O–H groups in total. The summed E-state index contributed by atoms with van der Waals surface area (Å²) >= 11 is 0. The molecule has 1 aliphatic rings. The molecule has 4 rings (SSSR count). The van der Waals surface area contributed by atoms with Crippen LogP contribution in [0.2, 0.25) is 0 Å². The van der Waals surface area contributed by atoms with Crippen molar-refractivity contribution >= 4 is 10.0 Å². The maximum atomic E-state index is 12.6. The molecule has 0 saturated carbocycles. The van der Waals surface area contributed by atoms with Gasteiger partial charge < -0.3 is 0 Å². The molecule has 1 unspecified atom stereocenters.